The Bertz CT molecular complexity index is 125. The monoisotopic (exact) mass is 156 g/mol. The Hall–Kier alpha value is -0.0831. The topological polar surface area (TPSA) is 9.23 Å². The van der Waals surface area contributed by atoms with Gasteiger partial charge in [-0.25, -0.2) is 0 Å². The van der Waals surface area contributed by atoms with Crippen LogP contribution in [0.2, 0.25) is 12.6 Å². The van der Waals surface area contributed by atoms with Crippen LogP contribution in [0.5, 0.6) is 0 Å². The molecule has 1 unspecified atom stereocenters. The standard InChI is InChI=1S/C8H16OSi/c1-3-7-10(2)8-5-4-6-9-10/h3,7H,4-6,8H2,1-2H3. The van der Waals surface area contributed by atoms with Gasteiger partial charge in [0.15, 0.2) is 0 Å². The van der Waals surface area contributed by atoms with E-state index in [1.54, 1.807) is 0 Å². The quantitative estimate of drug-likeness (QED) is 0.530. The van der Waals surface area contributed by atoms with Crippen LogP contribution < -0.4 is 0 Å². The van der Waals surface area contributed by atoms with Crippen LogP contribution >= 0.6 is 0 Å². The van der Waals surface area contributed by atoms with E-state index < -0.39 is 8.32 Å². The third-order valence-corrected chi connectivity index (χ3v) is 5.27. The lowest BCUT2D eigenvalue weighted by molar-refractivity contribution is 0.278. The van der Waals surface area contributed by atoms with E-state index in [0.717, 1.165) is 6.61 Å². The van der Waals surface area contributed by atoms with Crippen LogP contribution in [-0.4, -0.2) is 14.9 Å². The Morgan fingerprint density at radius 1 is 1.40 bits per heavy atom. The van der Waals surface area contributed by atoms with Crippen molar-refractivity contribution in [2.45, 2.75) is 32.4 Å². The van der Waals surface area contributed by atoms with E-state index >= 15 is 0 Å². The molecule has 1 atom stereocenters. The number of hydrogen-bond acceptors (Lipinski definition) is 1. The van der Waals surface area contributed by atoms with Crippen LogP contribution in [0.4, 0.5) is 0 Å². The Balaban J connectivity index is 2.48. The summed E-state index contributed by atoms with van der Waals surface area (Å²) < 4.78 is 5.76. The summed E-state index contributed by atoms with van der Waals surface area (Å²) in [5.74, 6) is 0. The molecule has 0 aliphatic carbocycles. The lowest BCUT2D eigenvalue weighted by Gasteiger charge is -2.28. The molecule has 1 aliphatic rings. The average Bonchev–Trinajstić information content (AvgIpc) is 1.89. The zero-order chi connectivity index (χ0) is 7.45. The number of allylic oxidation sites excluding steroid dienone is 1. The van der Waals surface area contributed by atoms with Crippen LogP contribution in [0.25, 0.3) is 0 Å². The van der Waals surface area contributed by atoms with E-state index in [2.05, 4.69) is 25.2 Å². The van der Waals surface area contributed by atoms with Crippen molar-refractivity contribution in [3.63, 3.8) is 0 Å². The zero-order valence-electron chi connectivity index (χ0n) is 6.89. The molecule has 0 spiro atoms. The molecule has 1 heterocycles. The average molecular weight is 156 g/mol. The fourth-order valence-corrected chi connectivity index (χ4v) is 4.11. The van der Waals surface area contributed by atoms with Crippen molar-refractivity contribution < 1.29 is 4.43 Å². The molecule has 0 aromatic carbocycles. The minimum Gasteiger partial charge on any atom is -0.413 e. The van der Waals surface area contributed by atoms with Crippen LogP contribution in [-0.2, 0) is 4.43 Å². The molecular weight excluding hydrogens is 140 g/mol. The summed E-state index contributed by atoms with van der Waals surface area (Å²) >= 11 is 0. The summed E-state index contributed by atoms with van der Waals surface area (Å²) in [6.45, 7) is 5.37. The molecule has 1 rings (SSSR count). The van der Waals surface area contributed by atoms with Crippen molar-refractivity contribution in [3.8, 4) is 0 Å². The molecule has 1 aliphatic heterocycles. The third-order valence-electron chi connectivity index (χ3n) is 2.02. The van der Waals surface area contributed by atoms with Gasteiger partial charge in [-0.3, -0.25) is 0 Å². The molecule has 0 aromatic heterocycles. The van der Waals surface area contributed by atoms with E-state index in [1.807, 2.05) is 0 Å². The molecule has 0 aromatic rings. The highest BCUT2D eigenvalue weighted by molar-refractivity contribution is 6.77. The van der Waals surface area contributed by atoms with Crippen molar-refractivity contribution in [1.82, 2.24) is 0 Å². The first kappa shape index (κ1) is 8.02. The fraction of sp³-hybridized carbons (Fsp3) is 0.750. The molecule has 0 saturated carbocycles. The largest absolute Gasteiger partial charge is 0.413 e. The molecular formula is C8H16OSi. The van der Waals surface area contributed by atoms with Crippen molar-refractivity contribution in [1.29, 1.82) is 0 Å². The fourth-order valence-electron chi connectivity index (χ4n) is 1.44. The van der Waals surface area contributed by atoms with Crippen LogP contribution in [0.1, 0.15) is 19.8 Å². The number of rotatable bonds is 1. The Kier molecular flexibility index (Phi) is 2.69. The van der Waals surface area contributed by atoms with Crippen molar-refractivity contribution in [2.24, 2.45) is 0 Å². The predicted molar refractivity (Wildman–Crippen MR) is 46.4 cm³/mol. The Morgan fingerprint density at radius 2 is 2.20 bits per heavy atom. The van der Waals surface area contributed by atoms with Gasteiger partial charge in [-0.2, -0.15) is 0 Å². The van der Waals surface area contributed by atoms with Crippen LogP contribution in [0.3, 0.4) is 0 Å². The first-order valence-electron chi connectivity index (χ1n) is 4.05. The van der Waals surface area contributed by atoms with Gasteiger partial charge in [0, 0.05) is 6.61 Å². The summed E-state index contributed by atoms with van der Waals surface area (Å²) in [7, 11) is -1.32. The molecule has 2 heteroatoms. The second kappa shape index (κ2) is 3.35. The van der Waals surface area contributed by atoms with E-state index in [1.165, 1.54) is 18.9 Å². The second-order valence-electron chi connectivity index (χ2n) is 3.12. The summed E-state index contributed by atoms with van der Waals surface area (Å²) in [4.78, 5) is 0. The molecule has 10 heavy (non-hydrogen) atoms. The first-order chi connectivity index (χ1) is 4.77. The maximum Gasteiger partial charge on any atom is 0.213 e. The van der Waals surface area contributed by atoms with Gasteiger partial charge in [0.05, 0.1) is 0 Å². The normalized spacial score (nSPS) is 35.0. The Morgan fingerprint density at radius 3 is 2.70 bits per heavy atom. The van der Waals surface area contributed by atoms with E-state index in [0.29, 0.717) is 0 Å². The summed E-state index contributed by atoms with van der Waals surface area (Å²) in [5, 5.41) is 0. The van der Waals surface area contributed by atoms with Gasteiger partial charge in [0.25, 0.3) is 0 Å². The maximum atomic E-state index is 5.76. The lowest BCUT2D eigenvalue weighted by Crippen LogP contribution is -2.35. The summed E-state index contributed by atoms with van der Waals surface area (Å²) in [5.41, 5.74) is 2.30. The summed E-state index contributed by atoms with van der Waals surface area (Å²) in [6.07, 6.45) is 4.77. The van der Waals surface area contributed by atoms with E-state index in [4.69, 9.17) is 4.43 Å². The highest BCUT2D eigenvalue weighted by Gasteiger charge is 2.27. The lowest BCUT2D eigenvalue weighted by atomic mass is 10.4. The van der Waals surface area contributed by atoms with Crippen molar-refractivity contribution in [2.75, 3.05) is 6.61 Å². The first-order valence-corrected chi connectivity index (χ1v) is 6.74. The molecule has 1 nitrogen and oxygen atoms in total. The van der Waals surface area contributed by atoms with E-state index in [-0.39, 0.29) is 0 Å². The molecule has 1 fully saturated rings. The van der Waals surface area contributed by atoms with Crippen LogP contribution in [0.15, 0.2) is 11.8 Å². The molecule has 0 N–H and O–H groups in total. The SMILES string of the molecule is CC=C[Si]1(C)CCCCO1. The van der Waals surface area contributed by atoms with Crippen LogP contribution in [0, 0.1) is 0 Å². The van der Waals surface area contributed by atoms with Gasteiger partial charge in [0.2, 0.25) is 8.32 Å². The van der Waals surface area contributed by atoms with Gasteiger partial charge >= 0.3 is 0 Å². The smallest absolute Gasteiger partial charge is 0.213 e. The van der Waals surface area contributed by atoms with Gasteiger partial charge in [-0.05, 0) is 25.9 Å². The highest BCUT2D eigenvalue weighted by atomic mass is 28.4. The van der Waals surface area contributed by atoms with Gasteiger partial charge in [-0.15, -0.1) is 0 Å². The second-order valence-corrected chi connectivity index (χ2v) is 6.87. The third kappa shape index (κ3) is 1.96. The molecule has 0 radical (unpaired) electrons. The molecule has 0 bridgehead atoms. The van der Waals surface area contributed by atoms with Gasteiger partial charge in [0.1, 0.15) is 0 Å². The number of hydrogen-bond donors (Lipinski definition) is 0. The molecule has 0 amide bonds. The Labute approximate surface area is 64.2 Å². The minimum absolute atomic E-state index is 0.993. The van der Waals surface area contributed by atoms with Crippen molar-refractivity contribution in [3.05, 3.63) is 11.8 Å². The van der Waals surface area contributed by atoms with Gasteiger partial charge in [-0.1, -0.05) is 18.2 Å². The highest BCUT2D eigenvalue weighted by Crippen LogP contribution is 2.22. The zero-order valence-corrected chi connectivity index (χ0v) is 7.89. The maximum absolute atomic E-state index is 5.76. The molecule has 58 valence electrons. The van der Waals surface area contributed by atoms with E-state index in [9.17, 15) is 0 Å². The van der Waals surface area contributed by atoms with Gasteiger partial charge < -0.3 is 4.43 Å². The van der Waals surface area contributed by atoms with Crippen molar-refractivity contribution >= 4 is 8.32 Å². The minimum atomic E-state index is -1.32. The molecule has 1 saturated heterocycles. The summed E-state index contributed by atoms with van der Waals surface area (Å²) in [6, 6.07) is 1.32. The predicted octanol–water partition coefficient (Wildman–Crippen LogP) is 2.49.